The summed E-state index contributed by atoms with van der Waals surface area (Å²) in [5.41, 5.74) is 3.26. The minimum absolute atomic E-state index is 0.0229. The topological polar surface area (TPSA) is 65.4 Å². The van der Waals surface area contributed by atoms with Crippen molar-refractivity contribution >= 4 is 0 Å². The quantitative estimate of drug-likeness (QED) is 0.887. The van der Waals surface area contributed by atoms with Crippen LogP contribution >= 0.6 is 0 Å². The molecule has 1 N–H and O–H groups in total. The van der Waals surface area contributed by atoms with Crippen LogP contribution in [0.4, 0.5) is 0 Å². The number of nitrogens with zero attached hydrogens (tertiary/aromatic N) is 2. The van der Waals surface area contributed by atoms with Crippen molar-refractivity contribution in [3.8, 4) is 5.75 Å². The second-order valence-corrected chi connectivity index (χ2v) is 7.01. The van der Waals surface area contributed by atoms with Gasteiger partial charge in [0.15, 0.2) is 0 Å². The fraction of sp³-hybridized carbons (Fsp3) is 0.500. The zero-order valence-corrected chi connectivity index (χ0v) is 15.1. The molecule has 2 unspecified atom stereocenters. The number of para-hydroxylation sites is 1. The molecule has 1 saturated heterocycles. The number of benzene rings is 1. The highest BCUT2D eigenvalue weighted by Crippen LogP contribution is 2.23. The summed E-state index contributed by atoms with van der Waals surface area (Å²) in [6.45, 7) is 1.74. The predicted molar refractivity (Wildman–Crippen MR) is 98.6 cm³/mol. The van der Waals surface area contributed by atoms with E-state index >= 15 is 0 Å². The van der Waals surface area contributed by atoms with Gasteiger partial charge in [-0.15, -0.1) is 0 Å². The molecule has 0 amide bonds. The van der Waals surface area contributed by atoms with Crippen LogP contribution < -0.4 is 15.6 Å². The second-order valence-electron chi connectivity index (χ2n) is 7.01. The first-order valence-electron chi connectivity index (χ1n) is 9.31. The van der Waals surface area contributed by atoms with Gasteiger partial charge in [-0.3, -0.25) is 4.79 Å². The smallest absolute Gasteiger partial charge is 0.267 e. The third-order valence-electron chi connectivity index (χ3n) is 5.34. The molecule has 2 heterocycles. The lowest BCUT2D eigenvalue weighted by molar-refractivity contribution is 0.180. The van der Waals surface area contributed by atoms with E-state index in [1.54, 1.807) is 17.9 Å². The van der Waals surface area contributed by atoms with Crippen LogP contribution in [-0.4, -0.2) is 36.1 Å². The summed E-state index contributed by atoms with van der Waals surface area (Å²) < 4.78 is 12.7. The van der Waals surface area contributed by atoms with E-state index < -0.39 is 0 Å². The lowest BCUT2D eigenvalue weighted by atomic mass is 9.97. The Bertz CT molecular complexity index is 833. The predicted octanol–water partition coefficient (Wildman–Crippen LogP) is 1.86. The largest absolute Gasteiger partial charge is 0.496 e. The standard InChI is InChI=1S/C20H25N3O3/c1-25-19-9-5-3-7-15(19)11-21-17-12-26-13-18(17)23-20(24)10-14-6-2-4-8-16(14)22-23/h3,5,7,9-10,17-18,21H,2,4,6,8,11-13H2,1H3. The van der Waals surface area contributed by atoms with Gasteiger partial charge in [0.2, 0.25) is 0 Å². The Kier molecular flexibility index (Phi) is 5.04. The summed E-state index contributed by atoms with van der Waals surface area (Å²) >= 11 is 0. The van der Waals surface area contributed by atoms with Crippen LogP contribution in [0.3, 0.4) is 0 Å². The monoisotopic (exact) mass is 355 g/mol. The van der Waals surface area contributed by atoms with Gasteiger partial charge in [-0.2, -0.15) is 5.10 Å². The van der Waals surface area contributed by atoms with Crippen molar-refractivity contribution in [1.29, 1.82) is 0 Å². The Morgan fingerprint density at radius 2 is 2.12 bits per heavy atom. The summed E-state index contributed by atoms with van der Waals surface area (Å²) in [6, 6.07) is 9.70. The third-order valence-corrected chi connectivity index (χ3v) is 5.34. The Morgan fingerprint density at radius 1 is 1.27 bits per heavy atom. The van der Waals surface area contributed by atoms with E-state index in [0.29, 0.717) is 19.8 Å². The number of aromatic nitrogens is 2. The summed E-state index contributed by atoms with van der Waals surface area (Å²) in [5, 5.41) is 8.22. The van der Waals surface area contributed by atoms with E-state index in [1.165, 1.54) is 0 Å². The first kappa shape index (κ1) is 17.2. The van der Waals surface area contributed by atoms with Gasteiger partial charge in [-0.1, -0.05) is 18.2 Å². The van der Waals surface area contributed by atoms with Crippen LogP contribution in [-0.2, 0) is 24.1 Å². The molecule has 2 aromatic rings. The van der Waals surface area contributed by atoms with E-state index in [9.17, 15) is 4.79 Å². The lowest BCUT2D eigenvalue weighted by Crippen LogP contribution is -2.41. The van der Waals surface area contributed by atoms with E-state index in [-0.39, 0.29) is 17.6 Å². The highest BCUT2D eigenvalue weighted by atomic mass is 16.5. The first-order valence-corrected chi connectivity index (χ1v) is 9.31. The van der Waals surface area contributed by atoms with Gasteiger partial charge in [-0.25, -0.2) is 4.68 Å². The molecule has 1 aliphatic carbocycles. The van der Waals surface area contributed by atoms with Crippen LogP contribution in [0.5, 0.6) is 5.75 Å². The van der Waals surface area contributed by atoms with Crippen LogP contribution in [0.1, 0.15) is 35.7 Å². The van der Waals surface area contributed by atoms with Crippen molar-refractivity contribution in [2.45, 2.75) is 44.3 Å². The lowest BCUT2D eigenvalue weighted by Gasteiger charge is -2.23. The van der Waals surface area contributed by atoms with Crippen molar-refractivity contribution < 1.29 is 9.47 Å². The van der Waals surface area contributed by atoms with Gasteiger partial charge < -0.3 is 14.8 Å². The molecule has 1 aromatic carbocycles. The fourth-order valence-corrected chi connectivity index (χ4v) is 3.88. The highest BCUT2D eigenvalue weighted by Gasteiger charge is 2.31. The summed E-state index contributed by atoms with van der Waals surface area (Å²) in [4.78, 5) is 12.6. The van der Waals surface area contributed by atoms with Crippen molar-refractivity contribution in [3.63, 3.8) is 0 Å². The van der Waals surface area contributed by atoms with E-state index in [2.05, 4.69) is 5.32 Å². The molecule has 0 radical (unpaired) electrons. The third kappa shape index (κ3) is 3.39. The number of hydrogen-bond donors (Lipinski definition) is 1. The molecule has 0 saturated carbocycles. The minimum Gasteiger partial charge on any atom is -0.496 e. The van der Waals surface area contributed by atoms with Crippen molar-refractivity contribution in [2.75, 3.05) is 20.3 Å². The number of aryl methyl sites for hydroxylation is 2. The number of rotatable bonds is 5. The van der Waals surface area contributed by atoms with E-state index in [1.807, 2.05) is 24.3 Å². The van der Waals surface area contributed by atoms with E-state index in [4.69, 9.17) is 14.6 Å². The molecule has 2 atom stereocenters. The van der Waals surface area contributed by atoms with Crippen molar-refractivity contribution in [1.82, 2.24) is 15.1 Å². The molecule has 1 aliphatic heterocycles. The average Bonchev–Trinajstić information content (AvgIpc) is 3.14. The van der Waals surface area contributed by atoms with Crippen LogP contribution in [0.15, 0.2) is 35.1 Å². The van der Waals surface area contributed by atoms with Crippen LogP contribution in [0, 0.1) is 0 Å². The SMILES string of the molecule is COc1ccccc1CNC1COCC1n1nc2c(cc1=O)CCCC2. The van der Waals surface area contributed by atoms with E-state index in [0.717, 1.165) is 48.3 Å². The Morgan fingerprint density at radius 3 is 3.00 bits per heavy atom. The number of methoxy groups -OCH3 is 1. The number of ether oxygens (including phenoxy) is 2. The maximum absolute atomic E-state index is 12.6. The van der Waals surface area contributed by atoms with Crippen molar-refractivity contribution in [3.05, 3.63) is 57.5 Å². The number of hydrogen-bond acceptors (Lipinski definition) is 5. The molecular formula is C20H25N3O3. The Hall–Kier alpha value is -2.18. The minimum atomic E-state index is -0.0792. The van der Waals surface area contributed by atoms with Crippen LogP contribution in [0.25, 0.3) is 0 Å². The maximum atomic E-state index is 12.6. The van der Waals surface area contributed by atoms with Crippen molar-refractivity contribution in [2.24, 2.45) is 0 Å². The molecule has 138 valence electrons. The molecule has 2 aliphatic rings. The summed E-state index contributed by atoms with van der Waals surface area (Å²) in [7, 11) is 1.68. The molecule has 6 heteroatoms. The molecule has 6 nitrogen and oxygen atoms in total. The Balaban J connectivity index is 1.53. The van der Waals surface area contributed by atoms with Gasteiger partial charge >= 0.3 is 0 Å². The normalized spacial score (nSPS) is 22.2. The zero-order chi connectivity index (χ0) is 17.9. The van der Waals surface area contributed by atoms with Gasteiger partial charge in [0.1, 0.15) is 5.75 Å². The number of fused-ring (bicyclic) bond motifs is 1. The molecule has 1 aromatic heterocycles. The van der Waals surface area contributed by atoms with Gasteiger partial charge in [0, 0.05) is 18.2 Å². The van der Waals surface area contributed by atoms with Crippen LogP contribution in [0.2, 0.25) is 0 Å². The molecular weight excluding hydrogens is 330 g/mol. The second kappa shape index (κ2) is 7.60. The highest BCUT2D eigenvalue weighted by molar-refractivity contribution is 5.33. The molecule has 0 bridgehead atoms. The zero-order valence-electron chi connectivity index (χ0n) is 15.1. The fourth-order valence-electron chi connectivity index (χ4n) is 3.88. The molecule has 1 fully saturated rings. The average molecular weight is 355 g/mol. The van der Waals surface area contributed by atoms with Gasteiger partial charge in [0.25, 0.3) is 5.56 Å². The Labute approximate surface area is 153 Å². The summed E-state index contributed by atoms with van der Waals surface area (Å²) in [5.74, 6) is 0.861. The number of nitrogens with one attached hydrogen (secondary N) is 1. The van der Waals surface area contributed by atoms with Gasteiger partial charge in [-0.05, 0) is 37.3 Å². The van der Waals surface area contributed by atoms with Gasteiger partial charge in [0.05, 0.1) is 38.1 Å². The first-order chi connectivity index (χ1) is 12.8. The molecule has 4 rings (SSSR count). The maximum Gasteiger partial charge on any atom is 0.267 e. The summed E-state index contributed by atoms with van der Waals surface area (Å²) in [6.07, 6.45) is 4.22. The molecule has 0 spiro atoms. The molecule has 26 heavy (non-hydrogen) atoms.